The number of morpholine rings is 1. The maximum Gasteiger partial charge on any atom is 0.280 e. The average molecular weight is 634 g/mol. The molecule has 2 fully saturated rings. The summed E-state index contributed by atoms with van der Waals surface area (Å²) in [6.07, 6.45) is 0. The van der Waals surface area contributed by atoms with Crippen LogP contribution >= 0.6 is 11.8 Å². The van der Waals surface area contributed by atoms with Gasteiger partial charge in [-0.1, -0.05) is 36.0 Å². The molecule has 3 aliphatic heterocycles. The summed E-state index contributed by atoms with van der Waals surface area (Å²) < 4.78 is 28.7. The Labute approximate surface area is 261 Å². The monoisotopic (exact) mass is 633 g/mol. The van der Waals surface area contributed by atoms with Crippen LogP contribution in [-0.2, 0) is 25.9 Å². The SMILES string of the molecule is O=C(Nc1ccc(N2CCOCC2)cc1)C1=NC(c2cccc(C(=O)Nc3ccc(CN4CCS(=O)(=O)CC4)cc3)c2)CS1. The number of rotatable bonds is 8. The van der Waals surface area contributed by atoms with E-state index in [0.717, 1.165) is 43.1 Å². The maximum atomic E-state index is 13.1. The maximum absolute atomic E-state index is 13.1. The number of sulfone groups is 1. The molecular weight excluding hydrogens is 599 g/mol. The number of nitrogens with zero attached hydrogens (tertiary/aromatic N) is 3. The topological polar surface area (TPSA) is 120 Å². The summed E-state index contributed by atoms with van der Waals surface area (Å²) in [5.41, 5.74) is 4.95. The Morgan fingerprint density at radius 3 is 2.23 bits per heavy atom. The molecule has 0 aliphatic carbocycles. The molecule has 6 rings (SSSR count). The molecule has 1 atom stereocenters. The van der Waals surface area contributed by atoms with Crippen molar-refractivity contribution in [3.05, 3.63) is 89.5 Å². The Kier molecular flexibility index (Phi) is 9.31. The van der Waals surface area contributed by atoms with Gasteiger partial charge in [-0.3, -0.25) is 19.5 Å². The Hall–Kier alpha value is -3.71. The molecule has 3 aromatic carbocycles. The van der Waals surface area contributed by atoms with Crippen LogP contribution in [0.2, 0.25) is 0 Å². The van der Waals surface area contributed by atoms with Gasteiger partial charge < -0.3 is 20.3 Å². The molecule has 2 amide bonds. The number of carbonyl (C=O) groups excluding carboxylic acids is 2. The van der Waals surface area contributed by atoms with Crippen LogP contribution in [-0.4, -0.2) is 86.8 Å². The highest BCUT2D eigenvalue weighted by molar-refractivity contribution is 8.16. The first kappa shape index (κ1) is 30.3. The predicted molar refractivity (Wildman–Crippen MR) is 176 cm³/mol. The van der Waals surface area contributed by atoms with Crippen LogP contribution in [0.1, 0.15) is 27.5 Å². The van der Waals surface area contributed by atoms with Crippen molar-refractivity contribution >= 4 is 55.5 Å². The predicted octanol–water partition coefficient (Wildman–Crippen LogP) is 3.83. The van der Waals surface area contributed by atoms with Gasteiger partial charge in [-0.25, -0.2) is 8.42 Å². The summed E-state index contributed by atoms with van der Waals surface area (Å²) in [7, 11) is -2.91. The van der Waals surface area contributed by atoms with E-state index in [1.54, 1.807) is 6.07 Å². The first-order valence-electron chi connectivity index (χ1n) is 14.7. The number of carbonyl (C=O) groups is 2. The van der Waals surface area contributed by atoms with Crippen LogP contribution < -0.4 is 15.5 Å². The lowest BCUT2D eigenvalue weighted by molar-refractivity contribution is -0.110. The Balaban J connectivity index is 1.03. The van der Waals surface area contributed by atoms with Crippen LogP contribution in [0.4, 0.5) is 17.1 Å². The zero-order valence-electron chi connectivity index (χ0n) is 24.3. The number of hydrogen-bond acceptors (Lipinski definition) is 9. The quantitative estimate of drug-likeness (QED) is 0.384. The zero-order chi connectivity index (χ0) is 30.5. The van der Waals surface area contributed by atoms with Crippen molar-refractivity contribution in [1.29, 1.82) is 0 Å². The minimum Gasteiger partial charge on any atom is -0.378 e. The van der Waals surface area contributed by atoms with Gasteiger partial charge in [-0.05, 0) is 59.7 Å². The highest BCUT2D eigenvalue weighted by Crippen LogP contribution is 2.32. The standard InChI is InChI=1S/C32H35N5O5S2/c38-30(33-26-6-4-23(5-7-26)21-36-14-18-44(40,41)19-15-36)25-3-1-2-24(20-25)29-22-43-32(35-29)31(39)34-27-8-10-28(11-9-27)37-12-16-42-17-13-37/h1-11,20,29H,12-19,21-22H2,(H,33,38)(H,34,39). The Bertz CT molecular complexity index is 1620. The first-order chi connectivity index (χ1) is 21.3. The van der Waals surface area contributed by atoms with E-state index in [4.69, 9.17) is 4.74 Å². The number of nitrogens with one attached hydrogen (secondary N) is 2. The van der Waals surface area contributed by atoms with Gasteiger partial charge in [0.15, 0.2) is 14.9 Å². The van der Waals surface area contributed by atoms with E-state index in [9.17, 15) is 18.0 Å². The van der Waals surface area contributed by atoms with Crippen molar-refractivity contribution in [2.45, 2.75) is 12.6 Å². The molecule has 3 heterocycles. The molecule has 0 spiro atoms. The molecule has 230 valence electrons. The summed E-state index contributed by atoms with van der Waals surface area (Å²) in [5.74, 6) is 0.552. The molecule has 44 heavy (non-hydrogen) atoms. The van der Waals surface area contributed by atoms with Gasteiger partial charge >= 0.3 is 0 Å². The van der Waals surface area contributed by atoms with Crippen molar-refractivity contribution in [3.8, 4) is 0 Å². The fourth-order valence-corrected chi connectivity index (χ4v) is 7.62. The van der Waals surface area contributed by atoms with E-state index < -0.39 is 9.84 Å². The second-order valence-corrected chi connectivity index (χ2v) is 14.4. The lowest BCUT2D eigenvalue weighted by atomic mass is 10.0. The van der Waals surface area contributed by atoms with Crippen LogP contribution in [0.3, 0.4) is 0 Å². The third kappa shape index (κ3) is 7.68. The van der Waals surface area contributed by atoms with Crippen molar-refractivity contribution in [3.63, 3.8) is 0 Å². The van der Waals surface area contributed by atoms with Crippen LogP contribution in [0.15, 0.2) is 77.8 Å². The normalized spacial score (nSPS) is 20.1. The number of hydrogen-bond donors (Lipinski definition) is 2. The minimum atomic E-state index is -2.91. The number of benzene rings is 3. The van der Waals surface area contributed by atoms with Crippen LogP contribution in [0, 0.1) is 0 Å². The lowest BCUT2D eigenvalue weighted by Gasteiger charge is -2.28. The van der Waals surface area contributed by atoms with E-state index in [2.05, 4.69) is 25.4 Å². The van der Waals surface area contributed by atoms with Crippen LogP contribution in [0.25, 0.3) is 0 Å². The zero-order valence-corrected chi connectivity index (χ0v) is 25.9. The fourth-order valence-electron chi connectivity index (χ4n) is 5.38. The highest BCUT2D eigenvalue weighted by Gasteiger charge is 2.26. The molecular formula is C32H35N5O5S2. The van der Waals surface area contributed by atoms with Gasteiger partial charge in [0.2, 0.25) is 0 Å². The Morgan fingerprint density at radius 1 is 0.864 bits per heavy atom. The fraction of sp³-hybridized carbons (Fsp3) is 0.344. The van der Waals surface area contributed by atoms with Crippen molar-refractivity contribution < 1.29 is 22.7 Å². The molecule has 0 radical (unpaired) electrons. The van der Waals surface area contributed by atoms with Crippen molar-refractivity contribution in [2.75, 3.05) is 72.2 Å². The van der Waals surface area contributed by atoms with Gasteiger partial charge in [0.1, 0.15) is 0 Å². The molecule has 0 aromatic heterocycles. The number of thioether (sulfide) groups is 1. The first-order valence-corrected chi connectivity index (χ1v) is 17.5. The smallest absolute Gasteiger partial charge is 0.280 e. The largest absolute Gasteiger partial charge is 0.378 e. The summed E-state index contributed by atoms with van der Waals surface area (Å²) >= 11 is 1.41. The third-order valence-corrected chi connectivity index (χ3v) is 10.6. The number of aliphatic imine (C=N–C) groups is 1. The molecule has 12 heteroatoms. The number of anilines is 3. The van der Waals surface area contributed by atoms with Gasteiger partial charge in [0, 0.05) is 61.1 Å². The Morgan fingerprint density at radius 2 is 1.52 bits per heavy atom. The highest BCUT2D eigenvalue weighted by atomic mass is 32.2. The van der Waals surface area contributed by atoms with Crippen molar-refractivity contribution in [2.24, 2.45) is 4.99 Å². The molecule has 3 aromatic rings. The van der Waals surface area contributed by atoms with Gasteiger partial charge in [-0.15, -0.1) is 0 Å². The molecule has 0 saturated carbocycles. The second-order valence-electron chi connectivity index (χ2n) is 11.1. The molecule has 0 bridgehead atoms. The summed E-state index contributed by atoms with van der Waals surface area (Å²) in [6.45, 7) is 4.90. The van der Waals surface area contributed by atoms with Crippen LogP contribution in [0.5, 0.6) is 0 Å². The minimum absolute atomic E-state index is 0.198. The average Bonchev–Trinajstić information content (AvgIpc) is 3.55. The van der Waals surface area contributed by atoms with E-state index in [0.29, 0.717) is 47.4 Å². The molecule has 1 unspecified atom stereocenters. The summed E-state index contributed by atoms with van der Waals surface area (Å²) in [6, 6.07) is 22.6. The molecule has 10 nitrogen and oxygen atoms in total. The van der Waals surface area contributed by atoms with Gasteiger partial charge in [-0.2, -0.15) is 0 Å². The molecule has 3 aliphatic rings. The lowest BCUT2D eigenvalue weighted by Crippen LogP contribution is -2.39. The summed E-state index contributed by atoms with van der Waals surface area (Å²) in [5, 5.41) is 6.32. The van der Waals surface area contributed by atoms with Crippen molar-refractivity contribution in [1.82, 2.24) is 4.90 Å². The number of ether oxygens (including phenoxy) is 1. The molecule has 2 N–H and O–H groups in total. The van der Waals surface area contributed by atoms with E-state index in [1.165, 1.54) is 11.8 Å². The third-order valence-electron chi connectivity index (χ3n) is 7.94. The summed E-state index contributed by atoms with van der Waals surface area (Å²) in [4.78, 5) is 35.1. The molecule has 2 saturated heterocycles. The van der Waals surface area contributed by atoms with E-state index >= 15 is 0 Å². The van der Waals surface area contributed by atoms with E-state index in [-0.39, 0.29) is 29.4 Å². The number of amides is 2. The van der Waals surface area contributed by atoms with E-state index in [1.807, 2.05) is 66.7 Å². The second kappa shape index (κ2) is 13.5. The van der Waals surface area contributed by atoms with Gasteiger partial charge in [0.25, 0.3) is 11.8 Å². The van der Waals surface area contributed by atoms with Gasteiger partial charge in [0.05, 0.1) is 30.8 Å².